The number of hydrogen-bond donors (Lipinski definition) is 2. The first-order valence-corrected chi connectivity index (χ1v) is 11.1. The summed E-state index contributed by atoms with van der Waals surface area (Å²) in [6.45, 7) is 0. The number of fused-ring (bicyclic) bond motifs is 2. The zero-order valence-electron chi connectivity index (χ0n) is 19.6. The van der Waals surface area contributed by atoms with Gasteiger partial charge in [0.2, 0.25) is 5.95 Å². The zero-order valence-corrected chi connectivity index (χ0v) is 19.6. The first-order chi connectivity index (χ1) is 17.1. The van der Waals surface area contributed by atoms with Crippen molar-refractivity contribution in [1.82, 2.24) is 19.4 Å². The summed E-state index contributed by atoms with van der Waals surface area (Å²) in [7, 11) is 4.56. The molecule has 0 aliphatic heterocycles. The van der Waals surface area contributed by atoms with Crippen LogP contribution in [0.25, 0.3) is 27.8 Å². The molecule has 2 N–H and O–H groups in total. The van der Waals surface area contributed by atoms with E-state index in [1.54, 1.807) is 31.0 Å². The Morgan fingerprint density at radius 3 is 2.71 bits per heavy atom. The number of nitrogens with zero attached hydrogens (tertiary/aromatic N) is 3. The van der Waals surface area contributed by atoms with Crippen LogP contribution in [0.1, 0.15) is 5.56 Å². The van der Waals surface area contributed by atoms with Crippen LogP contribution in [-0.4, -0.2) is 52.7 Å². The molecule has 0 saturated heterocycles. The maximum Gasteiger partial charge on any atom is 0.328 e. The SMILES string of the molecule is COC(=O)C(Cc1c[nH]c2ccccc12)Nc1nc(-c2ccc(OC)c(OC)c2)cc2nccn12. The van der Waals surface area contributed by atoms with Gasteiger partial charge in [0.1, 0.15) is 11.7 Å². The highest BCUT2D eigenvalue weighted by Crippen LogP contribution is 2.32. The number of rotatable bonds is 8. The summed E-state index contributed by atoms with van der Waals surface area (Å²) in [4.78, 5) is 25.3. The van der Waals surface area contributed by atoms with Crippen molar-refractivity contribution in [3.05, 3.63) is 72.7 Å². The maximum absolute atomic E-state index is 12.8. The Hall–Kier alpha value is -4.53. The molecule has 0 spiro atoms. The Balaban J connectivity index is 1.53. The quantitative estimate of drug-likeness (QED) is 0.329. The molecule has 0 bridgehead atoms. The summed E-state index contributed by atoms with van der Waals surface area (Å²) in [6.07, 6.45) is 5.81. The highest BCUT2D eigenvalue weighted by Gasteiger charge is 2.23. The van der Waals surface area contributed by atoms with Crippen molar-refractivity contribution in [3.63, 3.8) is 0 Å². The van der Waals surface area contributed by atoms with Crippen LogP contribution in [0, 0.1) is 0 Å². The maximum atomic E-state index is 12.8. The van der Waals surface area contributed by atoms with Gasteiger partial charge in [-0.15, -0.1) is 0 Å². The van der Waals surface area contributed by atoms with E-state index >= 15 is 0 Å². The molecule has 9 nitrogen and oxygen atoms in total. The largest absolute Gasteiger partial charge is 0.493 e. The molecule has 0 saturated carbocycles. The third kappa shape index (κ3) is 4.23. The Morgan fingerprint density at radius 1 is 1.09 bits per heavy atom. The molecule has 0 aliphatic rings. The summed E-state index contributed by atoms with van der Waals surface area (Å²) < 4.78 is 17.7. The summed E-state index contributed by atoms with van der Waals surface area (Å²) in [5.74, 6) is 1.30. The monoisotopic (exact) mass is 471 g/mol. The van der Waals surface area contributed by atoms with Crippen molar-refractivity contribution < 1.29 is 19.0 Å². The molecule has 35 heavy (non-hydrogen) atoms. The average molecular weight is 472 g/mol. The van der Waals surface area contributed by atoms with Crippen LogP contribution < -0.4 is 14.8 Å². The smallest absolute Gasteiger partial charge is 0.328 e. The number of esters is 1. The number of ether oxygens (including phenoxy) is 3. The lowest BCUT2D eigenvalue weighted by molar-refractivity contribution is -0.141. The molecule has 9 heteroatoms. The Labute approximate surface area is 201 Å². The van der Waals surface area contributed by atoms with Crippen LogP contribution in [0.15, 0.2) is 67.1 Å². The third-order valence-electron chi connectivity index (χ3n) is 5.96. The van der Waals surface area contributed by atoms with Crippen LogP contribution in [-0.2, 0) is 16.0 Å². The molecule has 178 valence electrons. The van der Waals surface area contributed by atoms with Crippen molar-refractivity contribution in [1.29, 1.82) is 0 Å². The second-order valence-electron chi connectivity index (χ2n) is 7.97. The Morgan fingerprint density at radius 2 is 1.91 bits per heavy atom. The molecule has 1 atom stereocenters. The number of anilines is 1. The lowest BCUT2D eigenvalue weighted by atomic mass is 10.1. The number of carbonyl (C=O) groups is 1. The van der Waals surface area contributed by atoms with Crippen LogP contribution in [0.3, 0.4) is 0 Å². The van der Waals surface area contributed by atoms with Gasteiger partial charge >= 0.3 is 5.97 Å². The number of benzene rings is 2. The van der Waals surface area contributed by atoms with Gasteiger partial charge in [-0.25, -0.2) is 14.8 Å². The van der Waals surface area contributed by atoms with Gasteiger partial charge in [0.05, 0.1) is 27.0 Å². The number of nitrogens with one attached hydrogen (secondary N) is 2. The van der Waals surface area contributed by atoms with Crippen LogP contribution in [0.2, 0.25) is 0 Å². The molecule has 2 aromatic carbocycles. The minimum atomic E-state index is -0.669. The van der Waals surface area contributed by atoms with Crippen molar-refractivity contribution in [2.45, 2.75) is 12.5 Å². The van der Waals surface area contributed by atoms with Gasteiger partial charge in [0.25, 0.3) is 0 Å². The second-order valence-corrected chi connectivity index (χ2v) is 7.97. The topological polar surface area (TPSA) is 103 Å². The van der Waals surface area contributed by atoms with Crippen LogP contribution in [0.4, 0.5) is 5.95 Å². The van der Waals surface area contributed by atoms with Gasteiger partial charge in [-0.05, 0) is 29.8 Å². The summed E-state index contributed by atoms with van der Waals surface area (Å²) in [5, 5.41) is 4.35. The van der Waals surface area contributed by atoms with E-state index in [9.17, 15) is 4.79 Å². The molecule has 0 amide bonds. The number of hydrogen-bond acceptors (Lipinski definition) is 7. The fourth-order valence-corrected chi connectivity index (χ4v) is 4.18. The van der Waals surface area contributed by atoms with E-state index in [0.717, 1.165) is 22.0 Å². The molecule has 5 aromatic rings. The van der Waals surface area contributed by atoms with Crippen molar-refractivity contribution in [3.8, 4) is 22.8 Å². The van der Waals surface area contributed by atoms with Crippen molar-refractivity contribution >= 4 is 28.5 Å². The second kappa shape index (κ2) is 9.38. The van der Waals surface area contributed by atoms with Crippen LogP contribution in [0.5, 0.6) is 11.5 Å². The number of imidazole rings is 1. The zero-order chi connectivity index (χ0) is 24.4. The number of aromatic amines is 1. The molecule has 0 fully saturated rings. The number of H-pyrrole nitrogens is 1. The van der Waals surface area contributed by atoms with E-state index in [1.807, 2.05) is 54.7 Å². The molecule has 0 radical (unpaired) electrons. The van der Waals surface area contributed by atoms with Gasteiger partial charge in [-0.3, -0.25) is 4.40 Å². The van der Waals surface area contributed by atoms with E-state index in [-0.39, 0.29) is 5.97 Å². The van der Waals surface area contributed by atoms with Gasteiger partial charge < -0.3 is 24.5 Å². The first kappa shape index (κ1) is 22.3. The highest BCUT2D eigenvalue weighted by atomic mass is 16.5. The van der Waals surface area contributed by atoms with E-state index in [1.165, 1.54) is 7.11 Å². The normalized spacial score (nSPS) is 12.0. The fraction of sp³-hybridized carbons (Fsp3) is 0.192. The lowest BCUT2D eigenvalue weighted by Gasteiger charge is -2.18. The van der Waals surface area contributed by atoms with Gasteiger partial charge in [0, 0.05) is 47.5 Å². The number of para-hydroxylation sites is 1. The van der Waals surface area contributed by atoms with Gasteiger partial charge in [0.15, 0.2) is 11.5 Å². The van der Waals surface area contributed by atoms with Crippen LogP contribution >= 0.6 is 0 Å². The summed E-state index contributed by atoms with van der Waals surface area (Å²) in [5.41, 5.74) is 4.19. The predicted octanol–water partition coefficient (Wildman–Crippen LogP) is 4.09. The molecule has 3 heterocycles. The third-order valence-corrected chi connectivity index (χ3v) is 5.96. The summed E-state index contributed by atoms with van der Waals surface area (Å²) >= 11 is 0. The number of carbonyl (C=O) groups excluding carboxylic acids is 1. The van der Waals surface area contributed by atoms with E-state index in [0.29, 0.717) is 35.2 Å². The molecule has 5 rings (SSSR count). The van der Waals surface area contributed by atoms with E-state index < -0.39 is 6.04 Å². The van der Waals surface area contributed by atoms with Crippen molar-refractivity contribution in [2.24, 2.45) is 0 Å². The lowest BCUT2D eigenvalue weighted by Crippen LogP contribution is -2.34. The number of methoxy groups -OCH3 is 3. The Kier molecular flexibility index (Phi) is 5.97. The standard InChI is InChI=1S/C26H25N5O4/c1-33-22-9-8-16(13-23(22)34-2)20-14-24-27-10-11-31(24)26(29-20)30-21(25(32)35-3)12-17-15-28-19-7-5-4-6-18(17)19/h4-11,13-15,21,28H,12H2,1-3H3,(H,29,30). The minimum absolute atomic E-state index is 0.387. The van der Waals surface area contributed by atoms with Gasteiger partial charge in [-0.2, -0.15) is 0 Å². The molecule has 1 unspecified atom stereocenters. The first-order valence-electron chi connectivity index (χ1n) is 11.1. The highest BCUT2D eigenvalue weighted by molar-refractivity contribution is 5.85. The molecule has 0 aliphatic carbocycles. The Bertz CT molecular complexity index is 1510. The van der Waals surface area contributed by atoms with E-state index in [4.69, 9.17) is 19.2 Å². The predicted molar refractivity (Wildman–Crippen MR) is 133 cm³/mol. The molecule has 3 aromatic heterocycles. The minimum Gasteiger partial charge on any atom is -0.493 e. The molecular formula is C26H25N5O4. The van der Waals surface area contributed by atoms with E-state index in [2.05, 4.69) is 15.3 Å². The van der Waals surface area contributed by atoms with Crippen molar-refractivity contribution in [2.75, 3.05) is 26.6 Å². The number of aromatic nitrogens is 4. The average Bonchev–Trinajstić information content (AvgIpc) is 3.54. The molecular weight excluding hydrogens is 446 g/mol. The fourth-order valence-electron chi connectivity index (χ4n) is 4.18. The summed E-state index contributed by atoms with van der Waals surface area (Å²) in [6, 6.07) is 14.8. The van der Waals surface area contributed by atoms with Gasteiger partial charge in [-0.1, -0.05) is 18.2 Å².